The highest BCUT2D eigenvalue weighted by molar-refractivity contribution is 6.01. The molecule has 0 fully saturated rings. The standard InChI is InChI=1S/C23H18N2O3/c1-2-6-15(7-3-1)18-13-19-17-8-4-5-9-20(17)28-23(25(19)24-18)16-10-11-21-22(12-16)27-14-26-21/h1-12,19,23H,13-14H2/t19-,23-/m1/s1. The van der Waals surface area contributed by atoms with Crippen LogP contribution in [0, 0.1) is 0 Å². The van der Waals surface area contributed by atoms with Gasteiger partial charge in [-0.25, -0.2) is 5.01 Å². The van der Waals surface area contributed by atoms with E-state index in [9.17, 15) is 0 Å². The molecule has 0 bridgehead atoms. The molecule has 0 aromatic heterocycles. The van der Waals surface area contributed by atoms with E-state index in [1.165, 1.54) is 5.56 Å². The monoisotopic (exact) mass is 370 g/mol. The fourth-order valence-electron chi connectivity index (χ4n) is 4.13. The van der Waals surface area contributed by atoms with E-state index in [4.69, 9.17) is 19.3 Å². The second kappa shape index (κ2) is 6.02. The number of ether oxygens (including phenoxy) is 3. The van der Waals surface area contributed by atoms with Crippen LogP contribution in [0.15, 0.2) is 77.9 Å². The first-order valence-electron chi connectivity index (χ1n) is 9.43. The number of para-hydroxylation sites is 1. The Kier molecular flexibility index (Phi) is 3.35. The zero-order chi connectivity index (χ0) is 18.5. The average molecular weight is 370 g/mol. The molecule has 2 atom stereocenters. The van der Waals surface area contributed by atoms with Gasteiger partial charge in [-0.05, 0) is 29.8 Å². The summed E-state index contributed by atoms with van der Waals surface area (Å²) in [6.07, 6.45) is 0.543. The second-order valence-corrected chi connectivity index (χ2v) is 7.13. The molecule has 3 aromatic rings. The third-order valence-electron chi connectivity index (χ3n) is 5.49. The molecule has 28 heavy (non-hydrogen) atoms. The summed E-state index contributed by atoms with van der Waals surface area (Å²) in [5.41, 5.74) is 4.41. The van der Waals surface area contributed by atoms with Gasteiger partial charge in [0.2, 0.25) is 13.0 Å². The summed E-state index contributed by atoms with van der Waals surface area (Å²) in [5.74, 6) is 2.44. The van der Waals surface area contributed by atoms with Gasteiger partial charge in [0.05, 0.1) is 11.8 Å². The molecular formula is C23H18N2O3. The van der Waals surface area contributed by atoms with Gasteiger partial charge in [-0.1, -0.05) is 48.5 Å². The zero-order valence-corrected chi connectivity index (χ0v) is 15.1. The van der Waals surface area contributed by atoms with Crippen molar-refractivity contribution < 1.29 is 14.2 Å². The van der Waals surface area contributed by atoms with Gasteiger partial charge in [0, 0.05) is 17.5 Å². The van der Waals surface area contributed by atoms with E-state index in [0.29, 0.717) is 0 Å². The summed E-state index contributed by atoms with van der Waals surface area (Å²) >= 11 is 0. The van der Waals surface area contributed by atoms with Crippen LogP contribution >= 0.6 is 0 Å². The summed E-state index contributed by atoms with van der Waals surface area (Å²) in [4.78, 5) is 0. The van der Waals surface area contributed by atoms with Crippen molar-refractivity contribution in [2.24, 2.45) is 5.10 Å². The average Bonchev–Trinajstić information content (AvgIpc) is 3.40. The fraction of sp³-hybridized carbons (Fsp3) is 0.174. The summed E-state index contributed by atoms with van der Waals surface area (Å²) in [5, 5.41) is 7.07. The van der Waals surface area contributed by atoms with E-state index >= 15 is 0 Å². The van der Waals surface area contributed by atoms with Gasteiger partial charge in [0.25, 0.3) is 0 Å². The molecule has 3 aliphatic heterocycles. The third kappa shape index (κ3) is 2.36. The number of hydrogen-bond donors (Lipinski definition) is 0. The topological polar surface area (TPSA) is 43.3 Å². The molecule has 6 rings (SSSR count). The Morgan fingerprint density at radius 3 is 2.57 bits per heavy atom. The van der Waals surface area contributed by atoms with E-state index < -0.39 is 0 Å². The van der Waals surface area contributed by atoms with Crippen molar-refractivity contribution >= 4 is 5.71 Å². The van der Waals surface area contributed by atoms with Crippen LogP contribution in [0.4, 0.5) is 0 Å². The highest BCUT2D eigenvalue weighted by atomic mass is 16.7. The number of hydrazone groups is 1. The van der Waals surface area contributed by atoms with Crippen molar-refractivity contribution in [3.8, 4) is 17.2 Å². The molecule has 0 amide bonds. The van der Waals surface area contributed by atoms with Crippen LogP contribution < -0.4 is 14.2 Å². The van der Waals surface area contributed by atoms with Gasteiger partial charge in [0.15, 0.2) is 11.5 Å². The second-order valence-electron chi connectivity index (χ2n) is 7.13. The van der Waals surface area contributed by atoms with Crippen molar-refractivity contribution in [3.05, 3.63) is 89.5 Å². The van der Waals surface area contributed by atoms with Crippen LogP contribution in [0.3, 0.4) is 0 Å². The molecule has 0 saturated heterocycles. The first kappa shape index (κ1) is 15.6. The molecule has 0 saturated carbocycles. The lowest BCUT2D eigenvalue weighted by Crippen LogP contribution is -2.33. The molecule has 3 aliphatic rings. The van der Waals surface area contributed by atoms with Gasteiger partial charge in [-0.2, -0.15) is 5.10 Å². The van der Waals surface area contributed by atoms with Crippen LogP contribution in [0.2, 0.25) is 0 Å². The molecular weight excluding hydrogens is 352 g/mol. The van der Waals surface area contributed by atoms with Crippen molar-refractivity contribution in [2.45, 2.75) is 18.7 Å². The molecule has 0 N–H and O–H groups in total. The minimum absolute atomic E-state index is 0.149. The quantitative estimate of drug-likeness (QED) is 0.658. The highest BCUT2D eigenvalue weighted by Crippen LogP contribution is 2.48. The van der Waals surface area contributed by atoms with E-state index in [1.807, 2.05) is 36.4 Å². The molecule has 138 valence electrons. The molecule has 0 aliphatic carbocycles. The Bertz CT molecular complexity index is 1080. The normalized spacial score (nSPS) is 21.6. The van der Waals surface area contributed by atoms with E-state index in [-0.39, 0.29) is 19.1 Å². The summed E-state index contributed by atoms with van der Waals surface area (Å²) in [6.45, 7) is 0.260. The number of rotatable bonds is 2. The number of hydrogen-bond acceptors (Lipinski definition) is 5. The Labute approximate surface area is 162 Å². The van der Waals surface area contributed by atoms with Gasteiger partial charge < -0.3 is 14.2 Å². The third-order valence-corrected chi connectivity index (χ3v) is 5.49. The number of nitrogens with zero attached hydrogens (tertiary/aromatic N) is 2. The van der Waals surface area contributed by atoms with E-state index in [2.05, 4.69) is 41.4 Å². The van der Waals surface area contributed by atoms with Gasteiger partial charge in [-0.15, -0.1) is 0 Å². The van der Waals surface area contributed by atoms with E-state index in [1.54, 1.807) is 0 Å². The smallest absolute Gasteiger partial charge is 0.231 e. The van der Waals surface area contributed by atoms with Crippen LogP contribution in [0.5, 0.6) is 17.2 Å². The van der Waals surface area contributed by atoms with Crippen molar-refractivity contribution in [1.29, 1.82) is 0 Å². The molecule has 0 unspecified atom stereocenters. The predicted octanol–water partition coefficient (Wildman–Crippen LogP) is 4.66. The van der Waals surface area contributed by atoms with Gasteiger partial charge in [0.1, 0.15) is 5.75 Å². The minimum atomic E-state index is -0.310. The number of fused-ring (bicyclic) bond motifs is 4. The lowest BCUT2D eigenvalue weighted by Gasteiger charge is -2.38. The lowest BCUT2D eigenvalue weighted by molar-refractivity contribution is -0.0191. The van der Waals surface area contributed by atoms with Gasteiger partial charge in [-0.3, -0.25) is 0 Å². The molecule has 3 aromatic carbocycles. The van der Waals surface area contributed by atoms with Gasteiger partial charge >= 0.3 is 0 Å². The maximum atomic E-state index is 6.40. The van der Waals surface area contributed by atoms with Crippen LogP contribution in [-0.4, -0.2) is 17.5 Å². The summed E-state index contributed by atoms with van der Waals surface area (Å²) in [6, 6.07) is 24.7. The number of benzene rings is 3. The Morgan fingerprint density at radius 1 is 0.821 bits per heavy atom. The largest absolute Gasteiger partial charge is 0.464 e. The molecule has 3 heterocycles. The highest BCUT2D eigenvalue weighted by Gasteiger charge is 2.41. The summed E-state index contributed by atoms with van der Waals surface area (Å²) < 4.78 is 17.4. The Hall–Kier alpha value is -3.47. The van der Waals surface area contributed by atoms with Crippen LogP contribution in [0.25, 0.3) is 0 Å². The molecule has 5 nitrogen and oxygen atoms in total. The molecule has 0 spiro atoms. The van der Waals surface area contributed by atoms with Crippen molar-refractivity contribution in [3.63, 3.8) is 0 Å². The van der Waals surface area contributed by atoms with Crippen LogP contribution in [0.1, 0.15) is 35.4 Å². The zero-order valence-electron chi connectivity index (χ0n) is 15.1. The minimum Gasteiger partial charge on any atom is -0.464 e. The SMILES string of the molecule is c1ccc(C2=NN3[C@H](C2)c2ccccc2O[C@@H]3c2ccc3c(c2)OCO3)cc1. The molecule has 5 heteroatoms. The Balaban J connectivity index is 1.45. The maximum Gasteiger partial charge on any atom is 0.231 e. The first-order valence-corrected chi connectivity index (χ1v) is 9.43. The lowest BCUT2D eigenvalue weighted by atomic mass is 9.96. The van der Waals surface area contributed by atoms with Crippen molar-refractivity contribution in [2.75, 3.05) is 6.79 Å². The first-order chi connectivity index (χ1) is 13.9. The van der Waals surface area contributed by atoms with E-state index in [0.717, 1.165) is 40.5 Å². The van der Waals surface area contributed by atoms with Crippen LogP contribution in [-0.2, 0) is 0 Å². The Morgan fingerprint density at radius 2 is 1.64 bits per heavy atom. The predicted molar refractivity (Wildman–Crippen MR) is 105 cm³/mol. The summed E-state index contributed by atoms with van der Waals surface area (Å²) in [7, 11) is 0. The fourth-order valence-corrected chi connectivity index (χ4v) is 4.13. The maximum absolute atomic E-state index is 6.40. The molecule has 0 radical (unpaired) electrons. The van der Waals surface area contributed by atoms with Crippen molar-refractivity contribution in [1.82, 2.24) is 5.01 Å².